The summed E-state index contributed by atoms with van der Waals surface area (Å²) in [4.78, 5) is 39.1. The lowest BCUT2D eigenvalue weighted by Gasteiger charge is -2.30. The van der Waals surface area contributed by atoms with Gasteiger partial charge in [-0.1, -0.05) is 41.9 Å². The van der Waals surface area contributed by atoms with Gasteiger partial charge in [-0.05, 0) is 43.3 Å². The van der Waals surface area contributed by atoms with Crippen LogP contribution in [0.25, 0.3) is 0 Å². The second-order valence-corrected chi connectivity index (χ2v) is 8.19. The van der Waals surface area contributed by atoms with Gasteiger partial charge >= 0.3 is 5.97 Å². The van der Waals surface area contributed by atoms with Gasteiger partial charge in [0.2, 0.25) is 5.91 Å². The lowest BCUT2D eigenvalue weighted by atomic mass is 10.1. The fraction of sp³-hybridized carbons (Fsp3) is 0.192. The molecule has 8 nitrogen and oxygen atoms in total. The summed E-state index contributed by atoms with van der Waals surface area (Å²) in [5.41, 5.74) is 2.05. The van der Waals surface area contributed by atoms with Crippen LogP contribution >= 0.6 is 11.6 Å². The SMILES string of the molecule is COc1cc(C(=O)OC(C)C(=O)N2CC(=O)Nc3ccccc32)ccc1OCc1ccccc1Cl. The number of halogens is 1. The van der Waals surface area contributed by atoms with E-state index in [1.165, 1.54) is 31.1 Å². The van der Waals surface area contributed by atoms with Crippen molar-refractivity contribution in [3.63, 3.8) is 0 Å². The number of methoxy groups -OCH3 is 1. The van der Waals surface area contributed by atoms with E-state index in [2.05, 4.69) is 5.32 Å². The van der Waals surface area contributed by atoms with Gasteiger partial charge in [-0.15, -0.1) is 0 Å². The number of ether oxygens (including phenoxy) is 3. The molecule has 0 fully saturated rings. The quantitative estimate of drug-likeness (QED) is 0.487. The number of nitrogens with one attached hydrogen (secondary N) is 1. The van der Waals surface area contributed by atoms with Gasteiger partial charge in [-0.2, -0.15) is 0 Å². The number of carbonyl (C=O) groups is 3. The van der Waals surface area contributed by atoms with E-state index in [1.54, 1.807) is 36.4 Å². The lowest BCUT2D eigenvalue weighted by Crippen LogP contribution is -2.47. The highest BCUT2D eigenvalue weighted by molar-refractivity contribution is 6.31. The summed E-state index contributed by atoms with van der Waals surface area (Å²) in [5.74, 6) is -0.798. The summed E-state index contributed by atoms with van der Waals surface area (Å²) in [5, 5.41) is 3.30. The maximum absolute atomic E-state index is 13.0. The summed E-state index contributed by atoms with van der Waals surface area (Å²) in [6.45, 7) is 1.52. The second-order valence-electron chi connectivity index (χ2n) is 7.78. The Hall–Kier alpha value is -4.04. The number of rotatable bonds is 7. The molecule has 1 aliphatic rings. The zero-order valence-electron chi connectivity index (χ0n) is 19.1. The third-order valence-electron chi connectivity index (χ3n) is 5.41. The molecule has 1 heterocycles. The Morgan fingerprint density at radius 2 is 1.80 bits per heavy atom. The standard InChI is InChI=1S/C26H23ClN2O6/c1-16(25(31)29-14-24(30)28-20-9-5-6-10-21(20)29)35-26(32)17-11-12-22(23(13-17)33-2)34-15-18-7-3-4-8-19(18)27/h3-13,16H,14-15H2,1-2H3,(H,28,30). The van der Waals surface area contributed by atoms with Crippen LogP contribution in [-0.2, 0) is 20.9 Å². The number of amides is 2. The summed E-state index contributed by atoms with van der Waals surface area (Å²) in [6.07, 6.45) is -1.12. The van der Waals surface area contributed by atoms with E-state index in [9.17, 15) is 14.4 Å². The number of anilines is 2. The molecule has 0 aromatic heterocycles. The zero-order chi connectivity index (χ0) is 24.9. The first-order chi connectivity index (χ1) is 16.9. The Morgan fingerprint density at radius 1 is 1.06 bits per heavy atom. The van der Waals surface area contributed by atoms with Gasteiger partial charge in [0.1, 0.15) is 13.2 Å². The van der Waals surface area contributed by atoms with Gasteiger partial charge in [0.15, 0.2) is 17.6 Å². The topological polar surface area (TPSA) is 94.2 Å². The molecular weight excluding hydrogens is 472 g/mol. The lowest BCUT2D eigenvalue weighted by molar-refractivity contribution is -0.128. The first kappa shape index (κ1) is 24.1. The number of hydrogen-bond donors (Lipinski definition) is 1. The predicted molar refractivity (Wildman–Crippen MR) is 131 cm³/mol. The van der Waals surface area contributed by atoms with Crippen molar-refractivity contribution in [2.75, 3.05) is 23.9 Å². The average Bonchev–Trinajstić information content (AvgIpc) is 2.87. The van der Waals surface area contributed by atoms with E-state index in [0.717, 1.165) is 5.56 Å². The van der Waals surface area contributed by atoms with Crippen LogP contribution in [0.4, 0.5) is 11.4 Å². The van der Waals surface area contributed by atoms with Crippen LogP contribution in [0.1, 0.15) is 22.8 Å². The number of fused-ring (bicyclic) bond motifs is 1. The van der Waals surface area contributed by atoms with Crippen LogP contribution in [0, 0.1) is 0 Å². The predicted octanol–water partition coefficient (Wildman–Crippen LogP) is 4.46. The molecule has 0 bridgehead atoms. The molecule has 3 aromatic carbocycles. The molecule has 35 heavy (non-hydrogen) atoms. The van der Waals surface area contributed by atoms with E-state index in [1.807, 2.05) is 18.2 Å². The second kappa shape index (κ2) is 10.5. The zero-order valence-corrected chi connectivity index (χ0v) is 19.9. The van der Waals surface area contributed by atoms with Crippen molar-refractivity contribution in [1.29, 1.82) is 0 Å². The summed E-state index contributed by atoms with van der Waals surface area (Å²) >= 11 is 6.17. The van der Waals surface area contributed by atoms with Crippen molar-refractivity contribution in [1.82, 2.24) is 0 Å². The molecule has 0 saturated heterocycles. The number of esters is 1. The highest BCUT2D eigenvalue weighted by Gasteiger charge is 2.31. The molecule has 4 rings (SSSR count). The average molecular weight is 495 g/mol. The molecule has 0 aliphatic carbocycles. The molecule has 1 aliphatic heterocycles. The van der Waals surface area contributed by atoms with Crippen molar-refractivity contribution in [2.24, 2.45) is 0 Å². The number of carbonyl (C=O) groups excluding carboxylic acids is 3. The summed E-state index contributed by atoms with van der Waals surface area (Å²) in [6, 6.07) is 18.8. The van der Waals surface area contributed by atoms with Crippen LogP contribution in [0.3, 0.4) is 0 Å². The van der Waals surface area contributed by atoms with Gasteiger partial charge in [-0.3, -0.25) is 14.5 Å². The van der Waals surface area contributed by atoms with Crippen LogP contribution < -0.4 is 19.7 Å². The first-order valence-electron chi connectivity index (χ1n) is 10.8. The maximum Gasteiger partial charge on any atom is 0.339 e. The molecule has 0 saturated carbocycles. The minimum absolute atomic E-state index is 0.164. The number of benzene rings is 3. The normalized spacial score (nSPS) is 13.3. The number of hydrogen-bond acceptors (Lipinski definition) is 6. The van der Waals surface area contributed by atoms with E-state index < -0.39 is 18.0 Å². The molecule has 1 atom stereocenters. The van der Waals surface area contributed by atoms with E-state index in [4.69, 9.17) is 25.8 Å². The van der Waals surface area contributed by atoms with E-state index in [-0.39, 0.29) is 24.6 Å². The van der Waals surface area contributed by atoms with Gasteiger partial charge in [0.25, 0.3) is 5.91 Å². The minimum Gasteiger partial charge on any atom is -0.493 e. The van der Waals surface area contributed by atoms with Gasteiger partial charge in [0.05, 0.1) is 24.0 Å². The Bertz CT molecular complexity index is 1280. The minimum atomic E-state index is -1.12. The molecule has 9 heteroatoms. The van der Waals surface area contributed by atoms with Crippen molar-refractivity contribution in [3.05, 3.63) is 82.9 Å². The van der Waals surface area contributed by atoms with E-state index >= 15 is 0 Å². The maximum atomic E-state index is 13.0. The Morgan fingerprint density at radius 3 is 2.57 bits per heavy atom. The Labute approximate surface area is 207 Å². The highest BCUT2D eigenvalue weighted by atomic mass is 35.5. The first-order valence-corrected chi connectivity index (χ1v) is 11.2. The van der Waals surface area contributed by atoms with Crippen LogP contribution in [-0.4, -0.2) is 37.5 Å². The van der Waals surface area contributed by atoms with Crippen molar-refractivity contribution in [3.8, 4) is 11.5 Å². The summed E-state index contributed by atoms with van der Waals surface area (Å²) < 4.78 is 16.6. The monoisotopic (exact) mass is 494 g/mol. The molecular formula is C26H23ClN2O6. The fourth-order valence-corrected chi connectivity index (χ4v) is 3.80. The molecule has 0 radical (unpaired) electrons. The van der Waals surface area contributed by atoms with Crippen molar-refractivity contribution in [2.45, 2.75) is 19.6 Å². The smallest absolute Gasteiger partial charge is 0.339 e. The highest BCUT2D eigenvalue weighted by Crippen LogP contribution is 2.31. The number of nitrogens with zero attached hydrogens (tertiary/aromatic N) is 1. The van der Waals surface area contributed by atoms with Crippen LogP contribution in [0.15, 0.2) is 66.7 Å². The third-order valence-corrected chi connectivity index (χ3v) is 5.78. The molecule has 180 valence electrons. The molecule has 3 aromatic rings. The summed E-state index contributed by atoms with van der Waals surface area (Å²) in [7, 11) is 1.46. The Kier molecular flexibility index (Phi) is 7.22. The van der Waals surface area contributed by atoms with Crippen LogP contribution in [0.2, 0.25) is 5.02 Å². The molecule has 1 unspecified atom stereocenters. The van der Waals surface area contributed by atoms with Crippen molar-refractivity contribution < 1.29 is 28.6 Å². The van der Waals surface area contributed by atoms with Gasteiger partial charge < -0.3 is 19.5 Å². The molecule has 1 N–H and O–H groups in total. The third kappa shape index (κ3) is 5.38. The van der Waals surface area contributed by atoms with E-state index in [0.29, 0.717) is 27.9 Å². The van der Waals surface area contributed by atoms with Gasteiger partial charge in [0, 0.05) is 10.6 Å². The van der Waals surface area contributed by atoms with Gasteiger partial charge in [-0.25, -0.2) is 4.79 Å². The molecule has 2 amide bonds. The van der Waals surface area contributed by atoms with Crippen LogP contribution in [0.5, 0.6) is 11.5 Å². The van der Waals surface area contributed by atoms with Crippen molar-refractivity contribution >= 4 is 40.8 Å². The Balaban J connectivity index is 1.44. The molecule has 0 spiro atoms. The largest absolute Gasteiger partial charge is 0.493 e. The fourth-order valence-electron chi connectivity index (χ4n) is 3.61. The number of para-hydroxylation sites is 2.